The lowest BCUT2D eigenvalue weighted by Crippen LogP contribution is -2.30. The van der Waals surface area contributed by atoms with Crippen LogP contribution in [0.25, 0.3) is 0 Å². The fourth-order valence-corrected chi connectivity index (χ4v) is 2.31. The van der Waals surface area contributed by atoms with Crippen LogP contribution in [0.5, 0.6) is 0 Å². The molecule has 0 radical (unpaired) electrons. The number of benzene rings is 1. The molecule has 0 aliphatic rings. The monoisotopic (exact) mass is 309 g/mol. The number of rotatable bonds is 3. The van der Waals surface area contributed by atoms with Crippen molar-refractivity contribution in [3.05, 3.63) is 57.2 Å². The standard InChI is InChI=1S/C14H12ClNO3S/c1-16(13(17)9-12-3-2-8-20-12)19-14(18)10-4-6-11(15)7-5-10/h2-8H,9H2,1H3. The van der Waals surface area contributed by atoms with Gasteiger partial charge < -0.3 is 4.84 Å². The van der Waals surface area contributed by atoms with Crippen molar-refractivity contribution >= 4 is 34.8 Å². The van der Waals surface area contributed by atoms with Gasteiger partial charge in [0.2, 0.25) is 0 Å². The predicted molar refractivity (Wildman–Crippen MR) is 77.7 cm³/mol. The Balaban J connectivity index is 1.93. The zero-order valence-electron chi connectivity index (χ0n) is 10.7. The van der Waals surface area contributed by atoms with Crippen LogP contribution >= 0.6 is 22.9 Å². The Morgan fingerprint density at radius 3 is 2.55 bits per heavy atom. The van der Waals surface area contributed by atoms with E-state index in [1.54, 1.807) is 24.3 Å². The van der Waals surface area contributed by atoms with Crippen LogP contribution in [0, 0.1) is 0 Å². The van der Waals surface area contributed by atoms with Gasteiger partial charge in [-0.05, 0) is 35.7 Å². The lowest BCUT2D eigenvalue weighted by atomic mass is 10.2. The van der Waals surface area contributed by atoms with Gasteiger partial charge in [-0.25, -0.2) is 4.79 Å². The number of hydroxylamine groups is 2. The van der Waals surface area contributed by atoms with E-state index in [4.69, 9.17) is 16.4 Å². The number of halogens is 1. The quantitative estimate of drug-likeness (QED) is 0.818. The van der Waals surface area contributed by atoms with Crippen LogP contribution in [0.1, 0.15) is 15.2 Å². The molecule has 1 heterocycles. The average Bonchev–Trinajstić information content (AvgIpc) is 2.92. The molecule has 0 fully saturated rings. The molecule has 0 aliphatic heterocycles. The highest BCUT2D eigenvalue weighted by Crippen LogP contribution is 2.13. The summed E-state index contributed by atoms with van der Waals surface area (Å²) in [6.45, 7) is 0. The second-order valence-electron chi connectivity index (χ2n) is 4.03. The SMILES string of the molecule is CN(OC(=O)c1ccc(Cl)cc1)C(=O)Cc1cccs1. The molecule has 0 N–H and O–H groups in total. The highest BCUT2D eigenvalue weighted by molar-refractivity contribution is 7.10. The zero-order valence-corrected chi connectivity index (χ0v) is 12.3. The highest BCUT2D eigenvalue weighted by Gasteiger charge is 2.16. The van der Waals surface area contributed by atoms with Gasteiger partial charge in [0.25, 0.3) is 5.91 Å². The van der Waals surface area contributed by atoms with Gasteiger partial charge in [-0.1, -0.05) is 17.7 Å². The van der Waals surface area contributed by atoms with Crippen LogP contribution in [0.4, 0.5) is 0 Å². The van der Waals surface area contributed by atoms with Crippen molar-refractivity contribution in [1.82, 2.24) is 5.06 Å². The van der Waals surface area contributed by atoms with Crippen LogP contribution < -0.4 is 0 Å². The summed E-state index contributed by atoms with van der Waals surface area (Å²) in [7, 11) is 1.42. The third kappa shape index (κ3) is 3.82. The molecular formula is C14H12ClNO3S. The highest BCUT2D eigenvalue weighted by atomic mass is 35.5. The third-order valence-electron chi connectivity index (χ3n) is 2.56. The van der Waals surface area contributed by atoms with Gasteiger partial charge in [0, 0.05) is 16.9 Å². The summed E-state index contributed by atoms with van der Waals surface area (Å²) in [5, 5.41) is 3.38. The van der Waals surface area contributed by atoms with Gasteiger partial charge in [-0.3, -0.25) is 4.79 Å². The first kappa shape index (κ1) is 14.6. The van der Waals surface area contributed by atoms with Crippen molar-refractivity contribution in [3.8, 4) is 0 Å². The van der Waals surface area contributed by atoms with Crippen molar-refractivity contribution in [3.63, 3.8) is 0 Å². The lowest BCUT2D eigenvalue weighted by Gasteiger charge is -2.15. The van der Waals surface area contributed by atoms with E-state index in [2.05, 4.69) is 0 Å². The van der Waals surface area contributed by atoms with E-state index in [1.165, 1.54) is 18.4 Å². The van der Waals surface area contributed by atoms with E-state index in [0.717, 1.165) is 9.94 Å². The number of amides is 1. The molecule has 0 atom stereocenters. The molecule has 1 aromatic carbocycles. The Labute approximate surface area is 125 Å². The molecule has 0 unspecified atom stereocenters. The van der Waals surface area contributed by atoms with E-state index in [1.807, 2.05) is 17.5 Å². The maximum Gasteiger partial charge on any atom is 0.363 e. The summed E-state index contributed by atoms with van der Waals surface area (Å²) in [6, 6.07) is 9.99. The Bertz CT molecular complexity index is 595. The number of carbonyl (C=O) groups is 2. The summed E-state index contributed by atoms with van der Waals surface area (Å²) >= 11 is 7.22. The Kier molecular flexibility index (Phi) is 4.76. The third-order valence-corrected chi connectivity index (χ3v) is 3.68. The van der Waals surface area contributed by atoms with Crippen molar-refractivity contribution in [2.75, 3.05) is 7.05 Å². The maximum absolute atomic E-state index is 11.9. The molecule has 20 heavy (non-hydrogen) atoms. The average molecular weight is 310 g/mol. The van der Waals surface area contributed by atoms with Crippen molar-refractivity contribution in [1.29, 1.82) is 0 Å². The first-order chi connectivity index (χ1) is 9.56. The summed E-state index contributed by atoms with van der Waals surface area (Å²) < 4.78 is 0. The number of likely N-dealkylation sites (N-methyl/N-ethyl adjacent to an activating group) is 1. The van der Waals surface area contributed by atoms with Crippen LogP contribution in [0.2, 0.25) is 5.02 Å². The molecule has 2 rings (SSSR count). The molecule has 4 nitrogen and oxygen atoms in total. The van der Waals surface area contributed by atoms with Gasteiger partial charge in [0.05, 0.1) is 12.0 Å². The Morgan fingerprint density at radius 1 is 1.25 bits per heavy atom. The van der Waals surface area contributed by atoms with E-state index in [-0.39, 0.29) is 12.3 Å². The predicted octanol–water partition coefficient (Wildman–Crippen LogP) is 3.17. The molecule has 0 bridgehead atoms. The number of thiophene rings is 1. The van der Waals surface area contributed by atoms with Crippen molar-refractivity contribution in [2.24, 2.45) is 0 Å². The maximum atomic E-state index is 11.9. The molecule has 1 aromatic heterocycles. The zero-order chi connectivity index (χ0) is 14.5. The Morgan fingerprint density at radius 2 is 1.95 bits per heavy atom. The summed E-state index contributed by atoms with van der Waals surface area (Å²) in [6.07, 6.45) is 0.210. The molecule has 6 heteroatoms. The number of hydrogen-bond acceptors (Lipinski definition) is 4. The van der Waals surface area contributed by atoms with Crippen LogP contribution in [-0.2, 0) is 16.1 Å². The number of nitrogens with zero attached hydrogens (tertiary/aromatic N) is 1. The van der Waals surface area contributed by atoms with Crippen molar-refractivity contribution < 1.29 is 14.4 Å². The molecule has 0 saturated carbocycles. The largest absolute Gasteiger partial charge is 0.363 e. The van der Waals surface area contributed by atoms with Crippen LogP contribution in [-0.4, -0.2) is 24.0 Å². The van der Waals surface area contributed by atoms with E-state index < -0.39 is 5.97 Å². The second-order valence-corrected chi connectivity index (χ2v) is 5.50. The van der Waals surface area contributed by atoms with Gasteiger partial charge in [0.15, 0.2) is 0 Å². The minimum absolute atomic E-state index is 0.210. The van der Waals surface area contributed by atoms with Gasteiger partial charge in [-0.15, -0.1) is 11.3 Å². The molecule has 1 amide bonds. The molecule has 104 valence electrons. The fourth-order valence-electron chi connectivity index (χ4n) is 1.49. The second kappa shape index (κ2) is 6.54. The van der Waals surface area contributed by atoms with Crippen molar-refractivity contribution in [2.45, 2.75) is 6.42 Å². The Hall–Kier alpha value is -1.85. The summed E-state index contributed by atoms with van der Waals surface area (Å²) in [5.74, 6) is -0.876. The molecular weight excluding hydrogens is 298 g/mol. The first-order valence-electron chi connectivity index (χ1n) is 5.83. The van der Waals surface area contributed by atoms with E-state index >= 15 is 0 Å². The van der Waals surface area contributed by atoms with E-state index in [0.29, 0.717) is 10.6 Å². The minimum Gasteiger partial charge on any atom is -0.333 e. The van der Waals surface area contributed by atoms with Crippen LogP contribution in [0.3, 0.4) is 0 Å². The topological polar surface area (TPSA) is 46.6 Å². The molecule has 0 spiro atoms. The summed E-state index contributed by atoms with van der Waals surface area (Å²) in [4.78, 5) is 29.6. The molecule has 0 aliphatic carbocycles. The lowest BCUT2D eigenvalue weighted by molar-refractivity contribution is -0.160. The van der Waals surface area contributed by atoms with Gasteiger partial charge in [0.1, 0.15) is 0 Å². The van der Waals surface area contributed by atoms with Gasteiger partial charge >= 0.3 is 5.97 Å². The first-order valence-corrected chi connectivity index (χ1v) is 7.09. The van der Waals surface area contributed by atoms with E-state index in [9.17, 15) is 9.59 Å². The molecule has 2 aromatic rings. The fraction of sp³-hybridized carbons (Fsp3) is 0.143. The van der Waals surface area contributed by atoms with Gasteiger partial charge in [-0.2, -0.15) is 5.06 Å². The van der Waals surface area contributed by atoms with Crippen LogP contribution in [0.15, 0.2) is 41.8 Å². The normalized spacial score (nSPS) is 10.1. The minimum atomic E-state index is -0.594. The summed E-state index contributed by atoms with van der Waals surface area (Å²) in [5.41, 5.74) is 0.338. The molecule has 0 saturated heterocycles. The smallest absolute Gasteiger partial charge is 0.333 e. The number of carbonyl (C=O) groups excluding carboxylic acids is 2. The number of hydrogen-bond donors (Lipinski definition) is 0.